The van der Waals surface area contributed by atoms with Crippen LogP contribution in [-0.2, 0) is 16.0 Å². The SMILES string of the molecule is O=C(CCCCCC[C@H]1C=CC(=O)[C@@H]1/C=C/[C@@H](O)CCc1ccccc1)NC1CC1. The largest absolute Gasteiger partial charge is 0.389 e. The number of allylic oxidation sites excluding steroid dienone is 3. The van der Waals surface area contributed by atoms with E-state index in [0.29, 0.717) is 18.9 Å². The van der Waals surface area contributed by atoms with E-state index in [0.717, 1.165) is 51.4 Å². The van der Waals surface area contributed by atoms with Crippen molar-refractivity contribution < 1.29 is 14.7 Å². The van der Waals surface area contributed by atoms with E-state index < -0.39 is 6.10 Å². The van der Waals surface area contributed by atoms with Gasteiger partial charge in [-0.3, -0.25) is 9.59 Å². The van der Waals surface area contributed by atoms with Crippen LogP contribution in [-0.4, -0.2) is 28.9 Å². The summed E-state index contributed by atoms with van der Waals surface area (Å²) in [6, 6.07) is 10.6. The second kappa shape index (κ2) is 11.8. The molecule has 0 spiro atoms. The van der Waals surface area contributed by atoms with E-state index in [1.807, 2.05) is 30.4 Å². The van der Waals surface area contributed by atoms with Crippen LogP contribution in [0.5, 0.6) is 0 Å². The molecule has 0 bridgehead atoms. The second-order valence-corrected chi connectivity index (χ2v) is 8.72. The molecule has 2 aliphatic carbocycles. The summed E-state index contributed by atoms with van der Waals surface area (Å²) < 4.78 is 0. The van der Waals surface area contributed by atoms with Gasteiger partial charge in [-0.25, -0.2) is 0 Å². The first-order chi connectivity index (χ1) is 14.6. The van der Waals surface area contributed by atoms with Crippen LogP contribution in [0.4, 0.5) is 0 Å². The van der Waals surface area contributed by atoms with Crippen molar-refractivity contribution in [1.29, 1.82) is 0 Å². The predicted octanol–water partition coefficient (Wildman–Crippen LogP) is 4.53. The Bertz CT molecular complexity index is 736. The van der Waals surface area contributed by atoms with Gasteiger partial charge in [-0.1, -0.05) is 67.8 Å². The van der Waals surface area contributed by atoms with Crippen molar-refractivity contribution in [3.05, 3.63) is 60.2 Å². The summed E-state index contributed by atoms with van der Waals surface area (Å²) in [5.74, 6) is 0.426. The van der Waals surface area contributed by atoms with Gasteiger partial charge in [-0.2, -0.15) is 0 Å². The maximum atomic E-state index is 12.2. The third-order valence-electron chi connectivity index (χ3n) is 6.04. The number of aryl methyl sites for hydroxylation is 1. The summed E-state index contributed by atoms with van der Waals surface area (Å²) >= 11 is 0. The molecule has 0 heterocycles. The standard InChI is InChI=1S/C26H35NO3/c28-23(16-12-20-8-4-3-5-9-20)17-18-24-21(13-19-25(24)29)10-6-1-2-7-11-26(30)27-22-14-15-22/h3-5,8-9,13,17-19,21-24,28H,1-2,6-7,10-12,14-16H2,(H,27,30)/b18-17+/t21-,23-,24+/m0/s1. The van der Waals surface area contributed by atoms with Gasteiger partial charge in [0.05, 0.1) is 6.10 Å². The number of hydrogen-bond acceptors (Lipinski definition) is 3. The maximum absolute atomic E-state index is 12.2. The number of aliphatic hydroxyl groups is 1. The Labute approximate surface area is 180 Å². The Balaban J connectivity index is 1.31. The molecule has 0 aromatic heterocycles. The minimum absolute atomic E-state index is 0.138. The van der Waals surface area contributed by atoms with Crippen LogP contribution >= 0.6 is 0 Å². The quantitative estimate of drug-likeness (QED) is 0.372. The van der Waals surface area contributed by atoms with Crippen LogP contribution in [0, 0.1) is 11.8 Å². The highest BCUT2D eigenvalue weighted by molar-refractivity contribution is 5.95. The molecular weight excluding hydrogens is 374 g/mol. The van der Waals surface area contributed by atoms with E-state index >= 15 is 0 Å². The summed E-state index contributed by atoms with van der Waals surface area (Å²) in [6.07, 6.45) is 16.4. The predicted molar refractivity (Wildman–Crippen MR) is 120 cm³/mol. The zero-order valence-corrected chi connectivity index (χ0v) is 17.8. The molecule has 162 valence electrons. The molecule has 1 saturated carbocycles. The fourth-order valence-electron chi connectivity index (χ4n) is 4.02. The number of benzene rings is 1. The van der Waals surface area contributed by atoms with Crippen LogP contribution in [0.15, 0.2) is 54.6 Å². The van der Waals surface area contributed by atoms with E-state index in [9.17, 15) is 14.7 Å². The lowest BCUT2D eigenvalue weighted by Gasteiger charge is -2.15. The lowest BCUT2D eigenvalue weighted by molar-refractivity contribution is -0.121. The highest BCUT2D eigenvalue weighted by Gasteiger charge is 2.27. The average molecular weight is 410 g/mol. The topological polar surface area (TPSA) is 66.4 Å². The van der Waals surface area contributed by atoms with E-state index in [1.54, 1.807) is 12.2 Å². The molecule has 1 amide bonds. The summed E-state index contributed by atoms with van der Waals surface area (Å²) in [4.78, 5) is 23.9. The van der Waals surface area contributed by atoms with Gasteiger partial charge in [0, 0.05) is 18.4 Å². The fraction of sp³-hybridized carbons (Fsp3) is 0.538. The molecule has 30 heavy (non-hydrogen) atoms. The second-order valence-electron chi connectivity index (χ2n) is 8.72. The van der Waals surface area contributed by atoms with Crippen LogP contribution in [0.2, 0.25) is 0 Å². The third-order valence-corrected chi connectivity index (χ3v) is 6.04. The molecule has 1 aromatic carbocycles. The molecule has 0 saturated heterocycles. The van der Waals surface area contributed by atoms with E-state index in [4.69, 9.17) is 0 Å². The Morgan fingerprint density at radius 2 is 1.90 bits per heavy atom. The van der Waals surface area contributed by atoms with Crippen molar-refractivity contribution in [1.82, 2.24) is 5.32 Å². The van der Waals surface area contributed by atoms with Crippen molar-refractivity contribution in [2.75, 3.05) is 0 Å². The molecule has 3 rings (SSSR count). The molecule has 2 aliphatic rings. The van der Waals surface area contributed by atoms with Gasteiger partial charge in [0.25, 0.3) is 0 Å². The van der Waals surface area contributed by atoms with Crippen molar-refractivity contribution in [2.45, 2.75) is 76.4 Å². The molecule has 0 radical (unpaired) electrons. The van der Waals surface area contributed by atoms with Gasteiger partial charge in [0.15, 0.2) is 5.78 Å². The smallest absolute Gasteiger partial charge is 0.220 e. The average Bonchev–Trinajstić information content (AvgIpc) is 3.49. The number of amides is 1. The van der Waals surface area contributed by atoms with Gasteiger partial charge in [0.1, 0.15) is 0 Å². The number of ketones is 1. The maximum Gasteiger partial charge on any atom is 0.220 e. The Kier molecular flexibility index (Phi) is 8.88. The van der Waals surface area contributed by atoms with Crippen LogP contribution in [0.3, 0.4) is 0 Å². The fourth-order valence-corrected chi connectivity index (χ4v) is 4.02. The number of nitrogens with one attached hydrogen (secondary N) is 1. The van der Waals surface area contributed by atoms with E-state index in [-0.39, 0.29) is 23.5 Å². The van der Waals surface area contributed by atoms with Gasteiger partial charge in [-0.05, 0) is 56.1 Å². The van der Waals surface area contributed by atoms with E-state index in [1.165, 1.54) is 5.56 Å². The Hall–Kier alpha value is -2.20. The zero-order valence-electron chi connectivity index (χ0n) is 17.8. The molecule has 0 unspecified atom stereocenters. The van der Waals surface area contributed by atoms with Gasteiger partial charge in [0.2, 0.25) is 5.91 Å². The van der Waals surface area contributed by atoms with E-state index in [2.05, 4.69) is 17.4 Å². The Morgan fingerprint density at radius 3 is 2.67 bits per heavy atom. The molecule has 4 nitrogen and oxygen atoms in total. The number of carbonyl (C=O) groups is 2. The molecule has 0 aliphatic heterocycles. The van der Waals surface area contributed by atoms with Gasteiger partial charge in [-0.15, -0.1) is 0 Å². The van der Waals surface area contributed by atoms with Crippen LogP contribution < -0.4 is 5.32 Å². The molecule has 4 heteroatoms. The Morgan fingerprint density at radius 1 is 1.13 bits per heavy atom. The number of hydrogen-bond donors (Lipinski definition) is 2. The summed E-state index contributed by atoms with van der Waals surface area (Å²) in [6.45, 7) is 0. The minimum atomic E-state index is -0.527. The molecule has 1 aromatic rings. The number of aliphatic hydroxyl groups excluding tert-OH is 1. The lowest BCUT2D eigenvalue weighted by Crippen LogP contribution is -2.24. The molecule has 2 N–H and O–H groups in total. The van der Waals surface area contributed by atoms with Gasteiger partial charge >= 0.3 is 0 Å². The summed E-state index contributed by atoms with van der Waals surface area (Å²) in [5.41, 5.74) is 1.21. The number of rotatable bonds is 13. The minimum Gasteiger partial charge on any atom is -0.389 e. The van der Waals surface area contributed by atoms with Crippen molar-refractivity contribution in [3.8, 4) is 0 Å². The van der Waals surface area contributed by atoms with Crippen molar-refractivity contribution in [3.63, 3.8) is 0 Å². The summed E-state index contributed by atoms with van der Waals surface area (Å²) in [5, 5.41) is 13.3. The monoisotopic (exact) mass is 409 g/mol. The first-order valence-electron chi connectivity index (χ1n) is 11.5. The highest BCUT2D eigenvalue weighted by atomic mass is 16.3. The third kappa shape index (κ3) is 7.91. The van der Waals surface area contributed by atoms with Crippen LogP contribution in [0.25, 0.3) is 0 Å². The lowest BCUT2D eigenvalue weighted by atomic mass is 9.89. The summed E-state index contributed by atoms with van der Waals surface area (Å²) in [7, 11) is 0. The number of carbonyl (C=O) groups excluding carboxylic acids is 2. The van der Waals surface area contributed by atoms with Crippen LogP contribution in [0.1, 0.15) is 63.4 Å². The first-order valence-corrected chi connectivity index (χ1v) is 11.5. The zero-order chi connectivity index (χ0) is 21.2. The number of unbranched alkanes of at least 4 members (excludes halogenated alkanes) is 3. The normalized spacial score (nSPS) is 22.0. The first kappa shape index (κ1) is 22.5. The van der Waals surface area contributed by atoms with Gasteiger partial charge < -0.3 is 10.4 Å². The molecular formula is C26H35NO3. The molecule has 3 atom stereocenters. The van der Waals surface area contributed by atoms with Crippen molar-refractivity contribution >= 4 is 11.7 Å². The van der Waals surface area contributed by atoms with Crippen molar-refractivity contribution in [2.24, 2.45) is 11.8 Å². The molecule has 1 fully saturated rings. The highest BCUT2D eigenvalue weighted by Crippen LogP contribution is 2.29.